The van der Waals surface area contributed by atoms with E-state index in [0.29, 0.717) is 11.0 Å². The molecule has 0 heterocycles. The third-order valence-electron chi connectivity index (χ3n) is 6.03. The van der Waals surface area contributed by atoms with Gasteiger partial charge in [-0.25, -0.2) is 0 Å². The minimum absolute atomic E-state index is 0.230. The summed E-state index contributed by atoms with van der Waals surface area (Å²) in [5.41, 5.74) is 1.23. The molecule has 0 saturated heterocycles. The highest BCUT2D eigenvalue weighted by Gasteiger charge is 2.62. The lowest BCUT2D eigenvalue weighted by atomic mass is 9.70. The molecule has 0 radical (unpaired) electrons. The molecule has 0 amide bonds. The van der Waals surface area contributed by atoms with Crippen LogP contribution in [0.3, 0.4) is 0 Å². The third-order valence-corrected chi connectivity index (χ3v) is 6.03. The maximum absolute atomic E-state index is 11.1. The van der Waals surface area contributed by atoms with Crippen molar-refractivity contribution in [3.05, 3.63) is 29.8 Å². The zero-order valence-electron chi connectivity index (χ0n) is 12.0. The van der Waals surface area contributed by atoms with Gasteiger partial charge in [-0.15, -0.1) is 0 Å². The van der Waals surface area contributed by atoms with Crippen LogP contribution in [0.4, 0.5) is 0 Å². The molecule has 19 heavy (non-hydrogen) atoms. The van der Waals surface area contributed by atoms with E-state index in [1.807, 2.05) is 24.3 Å². The molecule has 2 heteroatoms. The van der Waals surface area contributed by atoms with E-state index in [2.05, 4.69) is 20.8 Å². The van der Waals surface area contributed by atoms with Gasteiger partial charge >= 0.3 is 0 Å². The van der Waals surface area contributed by atoms with Crippen LogP contribution in [0.2, 0.25) is 0 Å². The smallest absolute Gasteiger partial charge is 0.153 e. The monoisotopic (exact) mass is 258 g/mol. The van der Waals surface area contributed by atoms with Gasteiger partial charge in [-0.3, -0.25) is 4.79 Å². The van der Waals surface area contributed by atoms with Gasteiger partial charge in [-0.05, 0) is 42.7 Å². The summed E-state index contributed by atoms with van der Waals surface area (Å²) < 4.78 is 6.24. The van der Waals surface area contributed by atoms with Gasteiger partial charge < -0.3 is 4.74 Å². The normalized spacial score (nSPS) is 35.3. The van der Waals surface area contributed by atoms with Crippen molar-refractivity contribution in [2.45, 2.75) is 46.1 Å². The van der Waals surface area contributed by atoms with E-state index in [9.17, 15) is 4.79 Å². The molecule has 3 atom stereocenters. The molecular formula is C17H22O2. The average molecular weight is 258 g/mol. The molecule has 2 saturated carbocycles. The molecule has 0 unspecified atom stereocenters. The number of fused-ring (bicyclic) bond motifs is 2. The lowest BCUT2D eigenvalue weighted by Gasteiger charge is -2.39. The SMILES string of the molecule is CC1(C)[C@@H]2CC[C@]1(C)[C@H](Oc1ccccc1C=O)C2. The fourth-order valence-electron chi connectivity index (χ4n) is 4.15. The summed E-state index contributed by atoms with van der Waals surface area (Å²) >= 11 is 0. The predicted octanol–water partition coefficient (Wildman–Crippen LogP) is 4.09. The first-order chi connectivity index (χ1) is 8.99. The van der Waals surface area contributed by atoms with Crippen molar-refractivity contribution in [1.29, 1.82) is 0 Å². The topological polar surface area (TPSA) is 26.3 Å². The second kappa shape index (κ2) is 4.09. The highest BCUT2D eigenvalue weighted by atomic mass is 16.5. The Labute approximate surface area is 115 Å². The first-order valence-electron chi connectivity index (χ1n) is 7.20. The van der Waals surface area contributed by atoms with Crippen molar-refractivity contribution < 1.29 is 9.53 Å². The van der Waals surface area contributed by atoms with Crippen molar-refractivity contribution in [3.8, 4) is 5.75 Å². The Morgan fingerprint density at radius 1 is 1.26 bits per heavy atom. The van der Waals surface area contributed by atoms with Gasteiger partial charge in [-0.2, -0.15) is 0 Å². The first-order valence-corrected chi connectivity index (χ1v) is 7.20. The van der Waals surface area contributed by atoms with E-state index in [1.54, 1.807) is 0 Å². The lowest BCUT2D eigenvalue weighted by Crippen LogP contribution is -2.39. The molecule has 2 aliphatic carbocycles. The largest absolute Gasteiger partial charge is 0.489 e. The van der Waals surface area contributed by atoms with E-state index in [1.165, 1.54) is 12.8 Å². The zero-order chi connectivity index (χ0) is 13.7. The van der Waals surface area contributed by atoms with Crippen LogP contribution in [0.25, 0.3) is 0 Å². The molecular weight excluding hydrogens is 236 g/mol. The third kappa shape index (κ3) is 1.65. The summed E-state index contributed by atoms with van der Waals surface area (Å²) in [7, 11) is 0. The van der Waals surface area contributed by atoms with E-state index < -0.39 is 0 Å². The van der Waals surface area contributed by atoms with Crippen LogP contribution in [0, 0.1) is 16.7 Å². The number of para-hydroxylation sites is 1. The molecule has 2 bridgehead atoms. The number of hydrogen-bond acceptors (Lipinski definition) is 2. The van der Waals surface area contributed by atoms with Gasteiger partial charge in [0.2, 0.25) is 0 Å². The fourth-order valence-corrected chi connectivity index (χ4v) is 4.15. The molecule has 2 fully saturated rings. The van der Waals surface area contributed by atoms with Crippen molar-refractivity contribution in [2.24, 2.45) is 16.7 Å². The Hall–Kier alpha value is -1.31. The van der Waals surface area contributed by atoms with Crippen molar-refractivity contribution in [2.75, 3.05) is 0 Å². The van der Waals surface area contributed by atoms with Gasteiger partial charge in [0.1, 0.15) is 11.9 Å². The molecule has 0 spiro atoms. The van der Waals surface area contributed by atoms with Crippen LogP contribution in [0.5, 0.6) is 5.75 Å². The second-order valence-electron chi connectivity index (χ2n) is 6.87. The summed E-state index contributed by atoms with van der Waals surface area (Å²) in [6.45, 7) is 7.10. The summed E-state index contributed by atoms with van der Waals surface area (Å²) in [5, 5.41) is 0. The number of rotatable bonds is 3. The molecule has 2 nitrogen and oxygen atoms in total. The van der Waals surface area contributed by atoms with E-state index in [0.717, 1.165) is 24.4 Å². The molecule has 0 aliphatic heterocycles. The molecule has 1 aromatic carbocycles. The second-order valence-corrected chi connectivity index (χ2v) is 6.87. The Kier molecular flexibility index (Phi) is 2.74. The quantitative estimate of drug-likeness (QED) is 0.763. The van der Waals surface area contributed by atoms with Crippen LogP contribution < -0.4 is 4.74 Å². The van der Waals surface area contributed by atoms with Crippen LogP contribution >= 0.6 is 0 Å². The molecule has 3 rings (SSSR count). The summed E-state index contributed by atoms with van der Waals surface area (Å²) in [4.78, 5) is 11.1. The number of carbonyl (C=O) groups is 1. The number of benzene rings is 1. The molecule has 102 valence electrons. The fraction of sp³-hybridized carbons (Fsp3) is 0.588. The highest BCUT2D eigenvalue weighted by molar-refractivity contribution is 5.79. The van der Waals surface area contributed by atoms with Gasteiger partial charge in [-0.1, -0.05) is 32.9 Å². The summed E-state index contributed by atoms with van der Waals surface area (Å²) in [5.74, 6) is 1.50. The molecule has 0 aromatic heterocycles. The Balaban J connectivity index is 1.88. The average Bonchev–Trinajstić information content (AvgIpc) is 2.72. The summed E-state index contributed by atoms with van der Waals surface area (Å²) in [6, 6.07) is 7.54. The highest BCUT2D eigenvalue weighted by Crippen LogP contribution is 2.66. The minimum atomic E-state index is 0.230. The van der Waals surface area contributed by atoms with E-state index >= 15 is 0 Å². The van der Waals surface area contributed by atoms with Crippen LogP contribution in [0.1, 0.15) is 50.4 Å². The minimum Gasteiger partial charge on any atom is -0.489 e. The number of ether oxygens (including phenoxy) is 1. The maximum atomic E-state index is 11.1. The first kappa shape index (κ1) is 12.7. The Bertz CT molecular complexity index is 506. The van der Waals surface area contributed by atoms with Crippen molar-refractivity contribution in [3.63, 3.8) is 0 Å². The molecule has 2 aliphatic rings. The molecule has 1 aromatic rings. The maximum Gasteiger partial charge on any atom is 0.153 e. The van der Waals surface area contributed by atoms with Crippen LogP contribution in [-0.4, -0.2) is 12.4 Å². The Morgan fingerprint density at radius 2 is 2.00 bits per heavy atom. The Morgan fingerprint density at radius 3 is 2.58 bits per heavy atom. The predicted molar refractivity (Wildman–Crippen MR) is 75.5 cm³/mol. The van der Waals surface area contributed by atoms with Gasteiger partial charge in [0.25, 0.3) is 0 Å². The van der Waals surface area contributed by atoms with Crippen molar-refractivity contribution >= 4 is 6.29 Å². The van der Waals surface area contributed by atoms with Gasteiger partial charge in [0, 0.05) is 5.41 Å². The van der Waals surface area contributed by atoms with Crippen LogP contribution in [0.15, 0.2) is 24.3 Å². The van der Waals surface area contributed by atoms with Gasteiger partial charge in [0.15, 0.2) is 6.29 Å². The van der Waals surface area contributed by atoms with E-state index in [-0.39, 0.29) is 11.5 Å². The van der Waals surface area contributed by atoms with Crippen LogP contribution in [-0.2, 0) is 0 Å². The number of hydrogen-bond donors (Lipinski definition) is 0. The standard InChI is InChI=1S/C17H22O2/c1-16(2)13-8-9-17(16,3)15(10-13)19-14-7-5-4-6-12(14)11-18/h4-7,11,13,15H,8-10H2,1-3H3/t13-,15-,17-/m1/s1. The lowest BCUT2D eigenvalue weighted by molar-refractivity contribution is 0.0298. The summed E-state index contributed by atoms with van der Waals surface area (Å²) in [6.07, 6.45) is 4.80. The molecule has 0 N–H and O–H groups in total. The van der Waals surface area contributed by atoms with E-state index in [4.69, 9.17) is 4.74 Å². The van der Waals surface area contributed by atoms with Gasteiger partial charge in [0.05, 0.1) is 5.56 Å². The zero-order valence-corrected chi connectivity index (χ0v) is 12.0. The van der Waals surface area contributed by atoms with Crippen molar-refractivity contribution in [1.82, 2.24) is 0 Å². The number of aldehydes is 1. The number of carbonyl (C=O) groups excluding carboxylic acids is 1.